The molecule has 0 fully saturated rings. The van der Waals surface area contributed by atoms with Gasteiger partial charge in [0.25, 0.3) is 0 Å². The van der Waals surface area contributed by atoms with Crippen LogP contribution in [0.4, 0.5) is 10.1 Å². The van der Waals surface area contributed by atoms with Gasteiger partial charge in [-0.15, -0.1) is 0 Å². The molecule has 0 amide bonds. The van der Waals surface area contributed by atoms with Crippen molar-refractivity contribution in [3.8, 4) is 5.75 Å². The normalized spacial score (nSPS) is 12.2. The molecule has 1 N–H and O–H groups in total. The molecule has 0 spiro atoms. The first kappa shape index (κ1) is 14.4. The molecule has 3 heteroatoms. The van der Waals surface area contributed by atoms with E-state index in [1.807, 2.05) is 14.0 Å². The van der Waals surface area contributed by atoms with E-state index in [2.05, 4.69) is 36.1 Å². The van der Waals surface area contributed by atoms with Crippen LogP contribution in [-0.4, -0.2) is 12.2 Å². The highest BCUT2D eigenvalue weighted by molar-refractivity contribution is 5.50. The fourth-order valence-corrected chi connectivity index (χ4v) is 2.27. The van der Waals surface area contributed by atoms with Gasteiger partial charge in [0.05, 0.1) is 6.04 Å². The van der Waals surface area contributed by atoms with E-state index in [-0.39, 0.29) is 11.8 Å². The Morgan fingerprint density at radius 1 is 1.15 bits per heavy atom. The summed E-state index contributed by atoms with van der Waals surface area (Å²) in [4.78, 5) is 2.06. The minimum atomic E-state index is -0.423. The Bertz CT molecular complexity index is 580. The zero-order valence-corrected chi connectivity index (χ0v) is 12.1. The highest BCUT2D eigenvalue weighted by Crippen LogP contribution is 2.31. The van der Waals surface area contributed by atoms with Gasteiger partial charge < -0.3 is 10.0 Å². The van der Waals surface area contributed by atoms with E-state index in [4.69, 9.17) is 0 Å². The minimum Gasteiger partial charge on any atom is -0.507 e. The predicted molar refractivity (Wildman–Crippen MR) is 80.7 cm³/mol. The number of aromatic hydroxyl groups is 1. The molecule has 2 rings (SSSR count). The number of anilines is 1. The lowest BCUT2D eigenvalue weighted by molar-refractivity contribution is 0.456. The van der Waals surface area contributed by atoms with Gasteiger partial charge in [0.1, 0.15) is 11.6 Å². The first-order chi connectivity index (χ1) is 9.52. The monoisotopic (exact) mass is 273 g/mol. The van der Waals surface area contributed by atoms with Crippen molar-refractivity contribution in [2.45, 2.75) is 26.3 Å². The third-order valence-corrected chi connectivity index (χ3v) is 3.78. The first-order valence-electron chi connectivity index (χ1n) is 6.83. The molecule has 0 aliphatic rings. The van der Waals surface area contributed by atoms with Gasteiger partial charge >= 0.3 is 0 Å². The third-order valence-electron chi connectivity index (χ3n) is 3.78. The van der Waals surface area contributed by atoms with Crippen LogP contribution in [-0.2, 0) is 6.42 Å². The summed E-state index contributed by atoms with van der Waals surface area (Å²) in [6.45, 7) is 4.11. The zero-order chi connectivity index (χ0) is 14.7. The third kappa shape index (κ3) is 2.93. The van der Waals surface area contributed by atoms with E-state index in [1.54, 1.807) is 6.07 Å². The van der Waals surface area contributed by atoms with Gasteiger partial charge in [-0.3, -0.25) is 0 Å². The van der Waals surface area contributed by atoms with Crippen LogP contribution < -0.4 is 4.90 Å². The average Bonchev–Trinajstić information content (AvgIpc) is 2.46. The molecule has 0 aliphatic heterocycles. The van der Waals surface area contributed by atoms with Crippen LogP contribution in [0.5, 0.6) is 5.75 Å². The molecule has 20 heavy (non-hydrogen) atoms. The highest BCUT2D eigenvalue weighted by Gasteiger charge is 2.16. The van der Waals surface area contributed by atoms with Crippen LogP contribution in [0.1, 0.15) is 31.0 Å². The second-order valence-corrected chi connectivity index (χ2v) is 5.01. The van der Waals surface area contributed by atoms with E-state index in [1.165, 1.54) is 11.6 Å². The molecule has 0 radical (unpaired) electrons. The Balaban J connectivity index is 2.24. The van der Waals surface area contributed by atoms with Crippen molar-refractivity contribution in [2.75, 3.05) is 11.9 Å². The van der Waals surface area contributed by atoms with Crippen molar-refractivity contribution in [2.24, 2.45) is 0 Å². The lowest BCUT2D eigenvalue weighted by atomic mass is 10.0. The van der Waals surface area contributed by atoms with Crippen molar-refractivity contribution in [3.63, 3.8) is 0 Å². The van der Waals surface area contributed by atoms with Crippen molar-refractivity contribution < 1.29 is 9.50 Å². The topological polar surface area (TPSA) is 23.5 Å². The molecule has 0 heterocycles. The number of nitrogens with zero attached hydrogens (tertiary/aromatic N) is 1. The van der Waals surface area contributed by atoms with E-state index < -0.39 is 5.82 Å². The molecule has 2 aromatic carbocycles. The summed E-state index contributed by atoms with van der Waals surface area (Å²) in [5.41, 5.74) is 3.08. The SMILES string of the molecule is CCc1ccc(N(C)C(C)c2ccc(F)cc2O)cc1. The van der Waals surface area contributed by atoms with E-state index in [9.17, 15) is 9.50 Å². The van der Waals surface area contributed by atoms with Crippen LogP contribution in [0.3, 0.4) is 0 Å². The summed E-state index contributed by atoms with van der Waals surface area (Å²) in [6, 6.07) is 12.5. The molecule has 1 atom stereocenters. The quantitative estimate of drug-likeness (QED) is 0.898. The molecule has 106 valence electrons. The number of aryl methyl sites for hydroxylation is 1. The number of hydrogen-bond donors (Lipinski definition) is 1. The molecule has 0 bridgehead atoms. The van der Waals surface area contributed by atoms with E-state index in [0.717, 1.165) is 18.2 Å². The molecule has 0 saturated heterocycles. The molecule has 0 aliphatic carbocycles. The Labute approximate surface area is 119 Å². The second-order valence-electron chi connectivity index (χ2n) is 5.01. The number of halogens is 1. The van der Waals surface area contributed by atoms with Crippen molar-refractivity contribution in [3.05, 3.63) is 59.4 Å². The molecule has 2 nitrogen and oxygen atoms in total. The summed E-state index contributed by atoms with van der Waals surface area (Å²) in [5, 5.41) is 9.87. The van der Waals surface area contributed by atoms with E-state index >= 15 is 0 Å². The van der Waals surface area contributed by atoms with Crippen molar-refractivity contribution in [1.29, 1.82) is 0 Å². The van der Waals surface area contributed by atoms with Crippen LogP contribution in [0.2, 0.25) is 0 Å². The number of hydrogen-bond acceptors (Lipinski definition) is 2. The van der Waals surface area contributed by atoms with Gasteiger partial charge in [-0.2, -0.15) is 0 Å². The number of rotatable bonds is 4. The maximum atomic E-state index is 13.0. The van der Waals surface area contributed by atoms with Gasteiger partial charge in [0.15, 0.2) is 0 Å². The van der Waals surface area contributed by atoms with Crippen LogP contribution >= 0.6 is 0 Å². The molecule has 0 aromatic heterocycles. The summed E-state index contributed by atoms with van der Waals surface area (Å²) in [6.07, 6.45) is 1.01. The Morgan fingerprint density at radius 3 is 2.35 bits per heavy atom. The van der Waals surface area contributed by atoms with Crippen LogP contribution in [0, 0.1) is 5.82 Å². The molecule has 2 aromatic rings. The summed E-state index contributed by atoms with van der Waals surface area (Å²) < 4.78 is 13.0. The molecule has 0 saturated carbocycles. The summed E-state index contributed by atoms with van der Waals surface area (Å²) in [5.74, 6) is -0.428. The second kappa shape index (κ2) is 5.95. The Hall–Kier alpha value is -2.03. The maximum absolute atomic E-state index is 13.0. The molecular weight excluding hydrogens is 253 g/mol. The summed E-state index contributed by atoms with van der Waals surface area (Å²) in [7, 11) is 1.97. The number of benzene rings is 2. The lowest BCUT2D eigenvalue weighted by Crippen LogP contribution is -2.21. The van der Waals surface area contributed by atoms with Crippen molar-refractivity contribution in [1.82, 2.24) is 0 Å². The van der Waals surface area contributed by atoms with Crippen LogP contribution in [0.25, 0.3) is 0 Å². The molecular formula is C17H20FNO. The fraction of sp³-hybridized carbons (Fsp3) is 0.294. The van der Waals surface area contributed by atoms with Gasteiger partial charge in [-0.1, -0.05) is 25.1 Å². The van der Waals surface area contributed by atoms with Gasteiger partial charge in [-0.25, -0.2) is 4.39 Å². The fourth-order valence-electron chi connectivity index (χ4n) is 2.27. The van der Waals surface area contributed by atoms with Crippen LogP contribution in [0.15, 0.2) is 42.5 Å². The number of phenols is 1. The largest absolute Gasteiger partial charge is 0.507 e. The Morgan fingerprint density at radius 2 is 1.80 bits per heavy atom. The van der Waals surface area contributed by atoms with E-state index in [0.29, 0.717) is 5.56 Å². The summed E-state index contributed by atoms with van der Waals surface area (Å²) >= 11 is 0. The van der Waals surface area contributed by atoms with Gasteiger partial charge in [-0.05, 0) is 37.1 Å². The zero-order valence-electron chi connectivity index (χ0n) is 12.1. The highest BCUT2D eigenvalue weighted by atomic mass is 19.1. The average molecular weight is 273 g/mol. The molecule has 1 unspecified atom stereocenters. The Kier molecular flexibility index (Phi) is 4.28. The maximum Gasteiger partial charge on any atom is 0.126 e. The smallest absolute Gasteiger partial charge is 0.126 e. The number of phenolic OH excluding ortho intramolecular Hbond substituents is 1. The lowest BCUT2D eigenvalue weighted by Gasteiger charge is -2.28. The standard InChI is InChI=1S/C17H20FNO/c1-4-13-5-8-15(9-6-13)19(3)12(2)16-10-7-14(18)11-17(16)20/h5-12,20H,4H2,1-3H3. The van der Waals surface area contributed by atoms with Crippen molar-refractivity contribution >= 4 is 5.69 Å². The predicted octanol–water partition coefficient (Wildman–Crippen LogP) is 4.29. The van der Waals surface area contributed by atoms with Gasteiger partial charge in [0, 0.05) is 24.4 Å². The van der Waals surface area contributed by atoms with Gasteiger partial charge in [0.2, 0.25) is 0 Å². The first-order valence-corrected chi connectivity index (χ1v) is 6.83. The minimum absolute atomic E-state index is 0.00507.